The fourth-order valence-electron chi connectivity index (χ4n) is 10.2. The molecule has 6 rings (SSSR count). The van der Waals surface area contributed by atoms with Crippen molar-refractivity contribution < 1.29 is 72.5 Å². The van der Waals surface area contributed by atoms with Gasteiger partial charge in [-0.15, -0.1) is 0 Å². The maximum Gasteiger partial charge on any atom is 0.348 e. The van der Waals surface area contributed by atoms with E-state index in [-0.39, 0.29) is 36.2 Å². The van der Waals surface area contributed by atoms with E-state index in [1.165, 1.54) is 32.9 Å². The van der Waals surface area contributed by atoms with Gasteiger partial charge in [0.1, 0.15) is 29.5 Å². The lowest BCUT2D eigenvalue weighted by atomic mass is 9.44. The SMILES string of the molecule is CCCC(=O)OCC(=O)O[C@@H](C(=O)O[C@@]1(C)C[C@]2(O)[C@@H](OC(=O)c3ccccc3)[C@@H]3[C@]4(OC(C)=O)CO[C@@H]4C[C@H](O)[C@@]3(C)C(=O)[C@H](O)C(=C1C)C2(C)C)[C@@H](C)c1ccccc1. The predicted octanol–water partition coefficient (Wildman–Crippen LogP) is 4.08. The lowest BCUT2D eigenvalue weighted by Crippen LogP contribution is -2.82. The molecule has 0 amide bonds. The molecular formula is C46H56O15. The van der Waals surface area contributed by atoms with Gasteiger partial charge < -0.3 is 43.7 Å². The van der Waals surface area contributed by atoms with Crippen molar-refractivity contribution >= 4 is 35.6 Å². The number of fused-ring (bicyclic) bond motifs is 5. The molecule has 1 heterocycles. The third-order valence-corrected chi connectivity index (χ3v) is 13.7. The first-order valence-corrected chi connectivity index (χ1v) is 20.6. The number of rotatable bonds is 12. The second-order valence-electron chi connectivity index (χ2n) is 17.8. The van der Waals surface area contributed by atoms with Gasteiger partial charge in [-0.3, -0.25) is 14.4 Å². The lowest BCUT2D eigenvalue weighted by Gasteiger charge is -2.68. The topological polar surface area (TPSA) is 218 Å². The molecule has 2 bridgehead atoms. The summed E-state index contributed by atoms with van der Waals surface area (Å²) >= 11 is 0. The zero-order valence-electron chi connectivity index (χ0n) is 35.8. The van der Waals surface area contributed by atoms with Gasteiger partial charge in [0.15, 0.2) is 18.0 Å². The molecule has 330 valence electrons. The Morgan fingerprint density at radius 1 is 0.918 bits per heavy atom. The maximum absolute atomic E-state index is 15.1. The highest BCUT2D eigenvalue weighted by Crippen LogP contribution is 2.65. The highest BCUT2D eigenvalue weighted by atomic mass is 16.6. The molecule has 2 aromatic carbocycles. The standard InChI is InChI=1S/C46H56O15/c1-9-16-32(49)56-22-33(50)58-36(25(2)28-17-12-10-13-18-28)41(54)61-43(7)23-46(55)39(59-40(53)29-19-14-11-15-20-29)37-44(8,38(52)35(51)34(26(43)3)42(46,5)6)30(48)21-31-45(37,24-57-31)60-27(4)47/h10-15,17-20,25,30-31,35-37,39,48,51,55H,9,16,21-24H2,1-8H3/t25-,30-,31+,35+,36+,37-,39-,43-,44+,45-,46-/m0/s1. The molecule has 4 aliphatic rings. The van der Waals surface area contributed by atoms with E-state index in [2.05, 4.69) is 0 Å². The highest BCUT2D eigenvalue weighted by molar-refractivity contribution is 5.94. The zero-order valence-corrected chi connectivity index (χ0v) is 35.8. The van der Waals surface area contributed by atoms with Crippen molar-refractivity contribution in [3.63, 3.8) is 0 Å². The number of aliphatic hydroxyl groups is 3. The average molecular weight is 849 g/mol. The number of benzene rings is 2. The van der Waals surface area contributed by atoms with Crippen LogP contribution in [-0.2, 0) is 52.4 Å². The predicted molar refractivity (Wildman–Crippen MR) is 214 cm³/mol. The summed E-state index contributed by atoms with van der Waals surface area (Å²) in [4.78, 5) is 82.2. The van der Waals surface area contributed by atoms with Crippen LogP contribution in [0, 0.1) is 16.7 Å². The van der Waals surface area contributed by atoms with Gasteiger partial charge in [0.2, 0.25) is 6.10 Å². The molecule has 3 N–H and O–H groups in total. The normalized spacial score (nSPS) is 33.5. The van der Waals surface area contributed by atoms with Gasteiger partial charge in [-0.2, -0.15) is 0 Å². The first-order chi connectivity index (χ1) is 28.6. The number of esters is 5. The molecule has 15 nitrogen and oxygen atoms in total. The monoisotopic (exact) mass is 848 g/mol. The zero-order chi connectivity index (χ0) is 44.9. The minimum absolute atomic E-state index is 0.0600. The number of aliphatic hydroxyl groups excluding tert-OH is 2. The van der Waals surface area contributed by atoms with Gasteiger partial charge in [0.25, 0.3) is 0 Å². The van der Waals surface area contributed by atoms with E-state index in [4.69, 9.17) is 28.4 Å². The van der Waals surface area contributed by atoms with Crippen LogP contribution in [-0.4, -0.2) is 111 Å². The lowest BCUT2D eigenvalue weighted by molar-refractivity contribution is -0.346. The van der Waals surface area contributed by atoms with Gasteiger partial charge in [-0.25, -0.2) is 14.4 Å². The molecule has 3 fully saturated rings. The van der Waals surface area contributed by atoms with E-state index in [9.17, 15) is 39.3 Å². The van der Waals surface area contributed by atoms with Crippen molar-refractivity contribution in [1.82, 2.24) is 0 Å². The largest absolute Gasteiger partial charge is 0.455 e. The number of hydrogen-bond acceptors (Lipinski definition) is 15. The molecule has 1 aliphatic heterocycles. The Balaban J connectivity index is 1.51. The number of carbonyl (C=O) groups is 6. The van der Waals surface area contributed by atoms with Crippen LogP contribution < -0.4 is 0 Å². The molecule has 0 unspecified atom stereocenters. The number of Topliss-reactive ketones (excluding diaryl/α,β-unsaturated/α-hetero) is 1. The van der Waals surface area contributed by atoms with Crippen molar-refractivity contribution in [3.05, 3.63) is 82.9 Å². The minimum atomic E-state index is -2.38. The molecular weight excluding hydrogens is 792 g/mol. The summed E-state index contributed by atoms with van der Waals surface area (Å²) in [5.41, 5.74) is -8.96. The third-order valence-electron chi connectivity index (χ3n) is 13.7. The first kappa shape index (κ1) is 45.6. The van der Waals surface area contributed by atoms with E-state index in [0.717, 1.165) is 6.92 Å². The molecule has 3 aliphatic carbocycles. The quantitative estimate of drug-likeness (QED) is 0.156. The molecule has 11 atom stereocenters. The fraction of sp³-hybridized carbons (Fsp3) is 0.565. The Labute approximate surface area is 354 Å². The molecule has 0 radical (unpaired) electrons. The Bertz CT molecular complexity index is 2080. The Morgan fingerprint density at radius 2 is 1.54 bits per heavy atom. The van der Waals surface area contributed by atoms with Crippen molar-refractivity contribution in [1.29, 1.82) is 0 Å². The fourth-order valence-corrected chi connectivity index (χ4v) is 10.2. The van der Waals surface area contributed by atoms with Crippen LogP contribution in [0.3, 0.4) is 0 Å². The van der Waals surface area contributed by atoms with Crippen molar-refractivity contribution in [3.8, 4) is 0 Å². The summed E-state index contributed by atoms with van der Waals surface area (Å²) in [5.74, 6) is -7.70. The first-order valence-electron chi connectivity index (χ1n) is 20.6. The van der Waals surface area contributed by atoms with Crippen molar-refractivity contribution in [2.24, 2.45) is 16.7 Å². The summed E-state index contributed by atoms with van der Waals surface area (Å²) < 4.78 is 35.4. The Morgan fingerprint density at radius 3 is 2.11 bits per heavy atom. The van der Waals surface area contributed by atoms with Gasteiger partial charge in [0, 0.05) is 37.5 Å². The van der Waals surface area contributed by atoms with Crippen LogP contribution in [0.25, 0.3) is 0 Å². The molecule has 61 heavy (non-hydrogen) atoms. The van der Waals surface area contributed by atoms with Crippen LogP contribution in [0.1, 0.15) is 103 Å². The number of carbonyl (C=O) groups excluding carboxylic acids is 6. The smallest absolute Gasteiger partial charge is 0.348 e. The Kier molecular flexibility index (Phi) is 12.5. The summed E-state index contributed by atoms with van der Waals surface area (Å²) in [6.45, 7) is 11.0. The van der Waals surface area contributed by atoms with Crippen molar-refractivity contribution in [2.45, 2.75) is 134 Å². The highest BCUT2D eigenvalue weighted by Gasteiger charge is 2.78. The van der Waals surface area contributed by atoms with Crippen LogP contribution in [0.2, 0.25) is 0 Å². The van der Waals surface area contributed by atoms with Crippen LogP contribution in [0.4, 0.5) is 0 Å². The molecule has 1 saturated heterocycles. The van der Waals surface area contributed by atoms with Crippen LogP contribution in [0.15, 0.2) is 71.8 Å². The van der Waals surface area contributed by atoms with Gasteiger partial charge >= 0.3 is 29.8 Å². The van der Waals surface area contributed by atoms with Crippen LogP contribution >= 0.6 is 0 Å². The third kappa shape index (κ3) is 7.67. The van der Waals surface area contributed by atoms with E-state index in [1.807, 2.05) is 0 Å². The number of ketones is 1. The van der Waals surface area contributed by atoms with Crippen LogP contribution in [0.5, 0.6) is 0 Å². The van der Waals surface area contributed by atoms with Gasteiger partial charge in [-0.05, 0) is 56.0 Å². The van der Waals surface area contributed by atoms with E-state index in [0.29, 0.717) is 12.0 Å². The van der Waals surface area contributed by atoms with E-state index in [1.54, 1.807) is 76.2 Å². The number of ether oxygens (including phenoxy) is 6. The van der Waals surface area contributed by atoms with Crippen molar-refractivity contribution in [2.75, 3.05) is 13.2 Å². The molecule has 2 aromatic rings. The minimum Gasteiger partial charge on any atom is -0.455 e. The summed E-state index contributed by atoms with van der Waals surface area (Å²) in [6, 6.07) is 16.5. The Hall–Kier alpha value is -4.96. The number of hydrogen-bond donors (Lipinski definition) is 3. The molecule has 15 heteroatoms. The van der Waals surface area contributed by atoms with E-state index >= 15 is 4.79 Å². The second-order valence-corrected chi connectivity index (χ2v) is 17.8. The molecule has 0 aromatic heterocycles. The molecule has 2 saturated carbocycles. The van der Waals surface area contributed by atoms with Gasteiger partial charge in [0.05, 0.1) is 29.6 Å². The molecule has 0 spiro atoms. The van der Waals surface area contributed by atoms with Gasteiger partial charge in [-0.1, -0.05) is 76.2 Å². The summed E-state index contributed by atoms with van der Waals surface area (Å²) in [6.07, 6.45) is -8.21. The summed E-state index contributed by atoms with van der Waals surface area (Å²) in [5, 5.41) is 38.0. The van der Waals surface area contributed by atoms with E-state index < -0.39 is 119 Å². The average Bonchev–Trinajstić information content (AvgIpc) is 3.21. The maximum atomic E-state index is 15.1. The summed E-state index contributed by atoms with van der Waals surface area (Å²) in [7, 11) is 0. The second kappa shape index (κ2) is 16.7.